The van der Waals surface area contributed by atoms with E-state index in [1.165, 1.54) is 0 Å². The molecule has 7 nitrogen and oxygen atoms in total. The molecule has 0 radical (unpaired) electrons. The summed E-state index contributed by atoms with van der Waals surface area (Å²) in [5.74, 6) is -1.29. The predicted molar refractivity (Wildman–Crippen MR) is 107 cm³/mol. The quantitative estimate of drug-likeness (QED) is 0.673. The number of likely N-dealkylation sites (tertiary alicyclic amines) is 1. The molecule has 0 unspecified atom stereocenters. The molecule has 0 spiro atoms. The van der Waals surface area contributed by atoms with E-state index in [1.807, 2.05) is 30.3 Å². The summed E-state index contributed by atoms with van der Waals surface area (Å²) in [6, 6.07) is 7.37. The lowest BCUT2D eigenvalue weighted by Crippen LogP contribution is -2.45. The number of hydrogen-bond acceptors (Lipinski definition) is 5. The maximum Gasteiger partial charge on any atom is 0.406 e. The van der Waals surface area contributed by atoms with Crippen LogP contribution in [0.2, 0.25) is 0 Å². The standard InChI is InChI=1S/C21H25F3N4O3/c1-4-31-20(30)18(25-16-10-11-27(19(16)29)12-21(22,23)24)17-13(2)26-28(14(17)3)15-8-6-5-7-9-15/h5-9,16,18,25H,4,10-12H2,1-3H3/t16-,18-/m0/s1. The van der Waals surface area contributed by atoms with Crippen LogP contribution >= 0.6 is 0 Å². The van der Waals surface area contributed by atoms with Crippen LogP contribution in [0.4, 0.5) is 13.2 Å². The fourth-order valence-corrected chi connectivity index (χ4v) is 3.86. The first-order valence-corrected chi connectivity index (χ1v) is 10.0. The number of nitrogens with one attached hydrogen (secondary N) is 1. The topological polar surface area (TPSA) is 76.5 Å². The van der Waals surface area contributed by atoms with Gasteiger partial charge in [0.1, 0.15) is 12.6 Å². The van der Waals surface area contributed by atoms with Gasteiger partial charge in [0.15, 0.2) is 0 Å². The minimum atomic E-state index is -4.48. The summed E-state index contributed by atoms with van der Waals surface area (Å²) in [6.45, 7) is 3.98. The second kappa shape index (κ2) is 9.09. The molecule has 1 aliphatic heterocycles. The molecule has 1 fully saturated rings. The first kappa shape index (κ1) is 22.8. The average molecular weight is 438 g/mol. The van der Waals surface area contributed by atoms with E-state index in [-0.39, 0.29) is 19.6 Å². The number of aryl methyl sites for hydroxylation is 1. The van der Waals surface area contributed by atoms with E-state index < -0.39 is 36.7 Å². The number of hydrogen-bond donors (Lipinski definition) is 1. The molecule has 2 atom stereocenters. The van der Waals surface area contributed by atoms with E-state index in [0.29, 0.717) is 17.0 Å². The van der Waals surface area contributed by atoms with Crippen molar-refractivity contribution in [3.63, 3.8) is 0 Å². The van der Waals surface area contributed by atoms with Gasteiger partial charge in [0.05, 0.1) is 24.0 Å². The minimum Gasteiger partial charge on any atom is -0.465 e. The second-order valence-electron chi connectivity index (χ2n) is 7.40. The molecule has 31 heavy (non-hydrogen) atoms. The summed E-state index contributed by atoms with van der Waals surface area (Å²) < 4.78 is 45.1. The van der Waals surface area contributed by atoms with E-state index in [0.717, 1.165) is 10.6 Å². The summed E-state index contributed by atoms with van der Waals surface area (Å²) in [5, 5.41) is 7.47. The number of alkyl halides is 3. The molecule has 1 N–H and O–H groups in total. The number of aromatic nitrogens is 2. The Morgan fingerprint density at radius 1 is 1.29 bits per heavy atom. The van der Waals surface area contributed by atoms with Crippen molar-refractivity contribution in [2.45, 2.75) is 45.5 Å². The van der Waals surface area contributed by atoms with Crippen LogP contribution in [-0.4, -0.2) is 58.5 Å². The van der Waals surface area contributed by atoms with Gasteiger partial charge in [0.2, 0.25) is 5.91 Å². The molecule has 2 aromatic rings. The fraction of sp³-hybridized carbons (Fsp3) is 0.476. The Labute approximate surface area is 178 Å². The normalized spacial score (nSPS) is 17.8. The highest BCUT2D eigenvalue weighted by Gasteiger charge is 2.41. The van der Waals surface area contributed by atoms with Crippen molar-refractivity contribution >= 4 is 11.9 Å². The monoisotopic (exact) mass is 438 g/mol. The molecular weight excluding hydrogens is 413 g/mol. The van der Waals surface area contributed by atoms with Crippen LogP contribution < -0.4 is 5.32 Å². The maximum absolute atomic E-state index is 12.8. The Bertz CT molecular complexity index is 943. The number of amides is 1. The van der Waals surface area contributed by atoms with Gasteiger partial charge in [0, 0.05) is 17.8 Å². The van der Waals surface area contributed by atoms with Crippen LogP contribution in [0.25, 0.3) is 5.69 Å². The number of ether oxygens (including phenoxy) is 1. The van der Waals surface area contributed by atoms with E-state index in [9.17, 15) is 22.8 Å². The number of para-hydroxylation sites is 1. The first-order valence-electron chi connectivity index (χ1n) is 10.0. The highest BCUT2D eigenvalue weighted by Crippen LogP contribution is 2.28. The Balaban J connectivity index is 1.90. The lowest BCUT2D eigenvalue weighted by Gasteiger charge is -2.23. The number of nitrogens with zero attached hydrogens (tertiary/aromatic N) is 3. The highest BCUT2D eigenvalue weighted by molar-refractivity contribution is 5.86. The SMILES string of the molecule is CCOC(=O)[C@@H](N[C@H]1CCN(CC(F)(F)F)C1=O)c1c(C)nn(-c2ccccc2)c1C. The number of rotatable bonds is 7. The predicted octanol–water partition coefficient (Wildman–Crippen LogP) is 2.85. The molecule has 0 aliphatic carbocycles. The maximum atomic E-state index is 12.8. The molecule has 2 heterocycles. The Kier molecular flexibility index (Phi) is 6.68. The Morgan fingerprint density at radius 2 is 1.97 bits per heavy atom. The fourth-order valence-electron chi connectivity index (χ4n) is 3.86. The van der Waals surface area contributed by atoms with Crippen LogP contribution in [0.1, 0.15) is 36.3 Å². The first-order chi connectivity index (χ1) is 14.6. The van der Waals surface area contributed by atoms with Crippen molar-refractivity contribution in [3.05, 3.63) is 47.3 Å². The summed E-state index contributed by atoms with van der Waals surface area (Å²) in [6.07, 6.45) is -4.31. The lowest BCUT2D eigenvalue weighted by atomic mass is 10.0. The zero-order valence-corrected chi connectivity index (χ0v) is 17.6. The van der Waals surface area contributed by atoms with Crippen LogP contribution in [0.3, 0.4) is 0 Å². The molecule has 1 aromatic carbocycles. The van der Waals surface area contributed by atoms with Gasteiger partial charge in [-0.3, -0.25) is 10.1 Å². The number of halogens is 3. The lowest BCUT2D eigenvalue weighted by molar-refractivity contribution is -0.158. The zero-order chi connectivity index (χ0) is 22.8. The summed E-state index contributed by atoms with van der Waals surface area (Å²) in [7, 11) is 0. The van der Waals surface area contributed by atoms with E-state index >= 15 is 0 Å². The van der Waals surface area contributed by atoms with Crippen LogP contribution in [0.5, 0.6) is 0 Å². The average Bonchev–Trinajstić information content (AvgIpc) is 3.19. The van der Waals surface area contributed by atoms with Gasteiger partial charge in [-0.15, -0.1) is 0 Å². The molecule has 1 aliphatic rings. The number of carbonyl (C=O) groups is 2. The largest absolute Gasteiger partial charge is 0.465 e. The van der Waals surface area contributed by atoms with Gasteiger partial charge >= 0.3 is 12.1 Å². The number of benzene rings is 1. The summed E-state index contributed by atoms with van der Waals surface area (Å²) >= 11 is 0. The van der Waals surface area contributed by atoms with Crippen LogP contribution in [0, 0.1) is 13.8 Å². The molecule has 0 bridgehead atoms. The molecule has 168 valence electrons. The van der Waals surface area contributed by atoms with Gasteiger partial charge in [0.25, 0.3) is 0 Å². The van der Waals surface area contributed by atoms with Gasteiger partial charge in [-0.05, 0) is 39.3 Å². The van der Waals surface area contributed by atoms with Crippen molar-refractivity contribution in [2.24, 2.45) is 0 Å². The second-order valence-corrected chi connectivity index (χ2v) is 7.40. The Hall–Kier alpha value is -2.88. The van der Waals surface area contributed by atoms with Crippen LogP contribution in [-0.2, 0) is 14.3 Å². The molecule has 0 saturated carbocycles. The molecule has 10 heteroatoms. The van der Waals surface area contributed by atoms with Gasteiger partial charge in [-0.2, -0.15) is 18.3 Å². The van der Waals surface area contributed by atoms with E-state index in [2.05, 4.69) is 10.4 Å². The highest BCUT2D eigenvalue weighted by atomic mass is 19.4. The molecule has 1 aromatic heterocycles. The van der Waals surface area contributed by atoms with Gasteiger partial charge < -0.3 is 9.64 Å². The van der Waals surface area contributed by atoms with E-state index in [4.69, 9.17) is 4.74 Å². The van der Waals surface area contributed by atoms with Crippen LogP contribution in [0.15, 0.2) is 30.3 Å². The molecule has 1 amide bonds. The Morgan fingerprint density at radius 3 is 2.58 bits per heavy atom. The van der Waals surface area contributed by atoms with Gasteiger partial charge in [-0.25, -0.2) is 9.48 Å². The van der Waals surface area contributed by atoms with E-state index in [1.54, 1.807) is 25.5 Å². The van der Waals surface area contributed by atoms with Gasteiger partial charge in [-0.1, -0.05) is 18.2 Å². The van der Waals surface area contributed by atoms with Crippen molar-refractivity contribution < 1.29 is 27.5 Å². The van der Waals surface area contributed by atoms with Crippen molar-refractivity contribution in [1.29, 1.82) is 0 Å². The summed E-state index contributed by atoms with van der Waals surface area (Å²) in [5.41, 5.74) is 2.57. The third kappa shape index (κ3) is 5.07. The molecule has 1 saturated heterocycles. The van der Waals surface area contributed by atoms with Crippen molar-refractivity contribution in [1.82, 2.24) is 20.0 Å². The summed E-state index contributed by atoms with van der Waals surface area (Å²) in [4.78, 5) is 26.0. The van der Waals surface area contributed by atoms with Crippen molar-refractivity contribution in [2.75, 3.05) is 19.7 Å². The third-order valence-electron chi connectivity index (χ3n) is 5.19. The number of carbonyl (C=O) groups excluding carboxylic acids is 2. The minimum absolute atomic E-state index is 0.0349. The zero-order valence-electron chi connectivity index (χ0n) is 17.6. The third-order valence-corrected chi connectivity index (χ3v) is 5.19. The number of esters is 1. The van der Waals surface area contributed by atoms with Crippen molar-refractivity contribution in [3.8, 4) is 5.69 Å². The molecular formula is C21H25F3N4O3. The molecule has 3 rings (SSSR count). The smallest absolute Gasteiger partial charge is 0.406 e.